The van der Waals surface area contributed by atoms with E-state index in [0.29, 0.717) is 25.1 Å². The monoisotopic (exact) mass is 419 g/mol. The van der Waals surface area contributed by atoms with Gasteiger partial charge in [0.05, 0.1) is 11.0 Å². The van der Waals surface area contributed by atoms with Crippen molar-refractivity contribution in [2.45, 2.75) is 19.3 Å². The van der Waals surface area contributed by atoms with Crippen LogP contribution in [0, 0.1) is 5.41 Å². The van der Waals surface area contributed by atoms with Crippen LogP contribution in [0.2, 0.25) is 0 Å². The van der Waals surface area contributed by atoms with E-state index in [4.69, 9.17) is 0 Å². The molecule has 1 N–H and O–H groups in total. The highest BCUT2D eigenvalue weighted by molar-refractivity contribution is 7.13. The molecule has 30 heavy (non-hydrogen) atoms. The Morgan fingerprint density at radius 2 is 2.03 bits per heavy atom. The van der Waals surface area contributed by atoms with Crippen LogP contribution in [-0.2, 0) is 11.2 Å². The standard InChI is InChI=1S/C24H25N3O2S/c1-25-23(29)24(15-18-7-2-3-9-20(18)21-10-5-14-30-21)11-6-13-27(17-24)22(28)19-8-4-12-26-16-19/h2-5,7-10,12,14,16H,6,11,13,15,17H2,1H3,(H,25,29)/t24-/m0/s1. The zero-order valence-electron chi connectivity index (χ0n) is 17.0. The van der Waals surface area contributed by atoms with Gasteiger partial charge in [-0.1, -0.05) is 30.3 Å². The predicted octanol–water partition coefficient (Wildman–Crippen LogP) is 4.02. The van der Waals surface area contributed by atoms with Crippen LogP contribution in [0.5, 0.6) is 0 Å². The largest absolute Gasteiger partial charge is 0.359 e. The fourth-order valence-corrected chi connectivity index (χ4v) is 5.15. The minimum absolute atomic E-state index is 0.00725. The first-order chi connectivity index (χ1) is 14.6. The van der Waals surface area contributed by atoms with Crippen LogP contribution in [0.3, 0.4) is 0 Å². The molecule has 1 aliphatic heterocycles. The summed E-state index contributed by atoms with van der Waals surface area (Å²) in [6.07, 6.45) is 5.38. The average molecular weight is 420 g/mol. The number of hydrogen-bond donors (Lipinski definition) is 1. The molecule has 0 aliphatic carbocycles. The second-order valence-electron chi connectivity index (χ2n) is 7.74. The number of amides is 2. The van der Waals surface area contributed by atoms with Gasteiger partial charge < -0.3 is 10.2 Å². The van der Waals surface area contributed by atoms with Gasteiger partial charge in [-0.25, -0.2) is 0 Å². The lowest BCUT2D eigenvalue weighted by Crippen LogP contribution is -2.54. The van der Waals surface area contributed by atoms with Gasteiger partial charge in [0.1, 0.15) is 0 Å². The van der Waals surface area contributed by atoms with E-state index >= 15 is 0 Å². The van der Waals surface area contributed by atoms with Gasteiger partial charge in [-0.3, -0.25) is 14.6 Å². The quantitative estimate of drug-likeness (QED) is 0.679. The second-order valence-corrected chi connectivity index (χ2v) is 8.69. The normalized spacial score (nSPS) is 18.8. The summed E-state index contributed by atoms with van der Waals surface area (Å²) in [4.78, 5) is 33.3. The van der Waals surface area contributed by atoms with E-state index < -0.39 is 5.41 Å². The third kappa shape index (κ3) is 4.00. The summed E-state index contributed by atoms with van der Waals surface area (Å²) in [6, 6.07) is 15.9. The Morgan fingerprint density at radius 1 is 1.17 bits per heavy atom. The predicted molar refractivity (Wildman–Crippen MR) is 119 cm³/mol. The van der Waals surface area contributed by atoms with Crippen molar-refractivity contribution >= 4 is 23.2 Å². The SMILES string of the molecule is CNC(=O)[C@]1(Cc2ccccc2-c2cccs2)CCCN(C(=O)c2cccnc2)C1. The topological polar surface area (TPSA) is 62.3 Å². The number of aromatic nitrogens is 1. The van der Waals surface area contributed by atoms with Gasteiger partial charge in [0, 0.05) is 37.4 Å². The average Bonchev–Trinajstić information content (AvgIpc) is 3.34. The van der Waals surface area contributed by atoms with E-state index in [1.807, 2.05) is 23.1 Å². The van der Waals surface area contributed by atoms with Crippen molar-refractivity contribution in [2.75, 3.05) is 20.1 Å². The molecule has 1 aliphatic rings. The number of piperidine rings is 1. The van der Waals surface area contributed by atoms with Crippen LogP contribution in [0.15, 0.2) is 66.3 Å². The lowest BCUT2D eigenvalue weighted by atomic mass is 9.73. The molecule has 3 aromatic rings. The van der Waals surface area contributed by atoms with E-state index in [0.717, 1.165) is 24.0 Å². The minimum atomic E-state index is -0.655. The fraction of sp³-hybridized carbons (Fsp3) is 0.292. The lowest BCUT2D eigenvalue weighted by molar-refractivity contribution is -0.133. The highest BCUT2D eigenvalue weighted by atomic mass is 32.1. The van der Waals surface area contributed by atoms with Crippen molar-refractivity contribution in [1.29, 1.82) is 0 Å². The molecule has 0 unspecified atom stereocenters. The molecular weight excluding hydrogens is 394 g/mol. The Bertz CT molecular complexity index is 1020. The Kier molecular flexibility index (Phi) is 5.95. The lowest BCUT2D eigenvalue weighted by Gasteiger charge is -2.42. The zero-order chi connectivity index (χ0) is 21.0. The van der Waals surface area contributed by atoms with Crippen LogP contribution >= 0.6 is 11.3 Å². The molecule has 2 aromatic heterocycles. The molecule has 4 rings (SSSR count). The maximum absolute atomic E-state index is 13.1. The Morgan fingerprint density at radius 3 is 2.77 bits per heavy atom. The molecule has 6 heteroatoms. The maximum atomic E-state index is 13.1. The van der Waals surface area contributed by atoms with Crippen LogP contribution in [-0.4, -0.2) is 41.8 Å². The van der Waals surface area contributed by atoms with E-state index in [1.165, 1.54) is 4.88 Å². The van der Waals surface area contributed by atoms with Crippen LogP contribution in [0.25, 0.3) is 10.4 Å². The van der Waals surface area contributed by atoms with Crippen LogP contribution < -0.4 is 5.32 Å². The summed E-state index contributed by atoms with van der Waals surface area (Å²) in [6.45, 7) is 1.05. The smallest absolute Gasteiger partial charge is 0.255 e. The van der Waals surface area contributed by atoms with Gasteiger partial charge in [-0.05, 0) is 54.0 Å². The second kappa shape index (κ2) is 8.79. The minimum Gasteiger partial charge on any atom is -0.359 e. The van der Waals surface area contributed by atoms with Gasteiger partial charge in [-0.15, -0.1) is 11.3 Å². The number of nitrogens with one attached hydrogen (secondary N) is 1. The number of likely N-dealkylation sites (tertiary alicyclic amines) is 1. The first kappa shape index (κ1) is 20.3. The maximum Gasteiger partial charge on any atom is 0.255 e. The Balaban J connectivity index is 1.66. The van der Waals surface area contributed by atoms with Crippen molar-refractivity contribution < 1.29 is 9.59 Å². The fourth-order valence-electron chi connectivity index (χ4n) is 4.36. The van der Waals surface area contributed by atoms with E-state index in [-0.39, 0.29) is 11.8 Å². The molecular formula is C24H25N3O2S. The molecule has 1 atom stereocenters. The molecule has 0 radical (unpaired) electrons. The molecule has 154 valence electrons. The van der Waals surface area contributed by atoms with Gasteiger partial charge in [0.15, 0.2) is 0 Å². The van der Waals surface area contributed by atoms with E-state index in [2.05, 4.69) is 33.9 Å². The summed E-state index contributed by atoms with van der Waals surface area (Å²) in [5, 5.41) is 4.93. The zero-order valence-corrected chi connectivity index (χ0v) is 17.8. The Labute approximate surface area is 180 Å². The molecule has 1 aromatic carbocycles. The number of carbonyl (C=O) groups is 2. The number of carbonyl (C=O) groups excluding carboxylic acids is 2. The summed E-state index contributed by atoms with van der Waals surface area (Å²) < 4.78 is 0. The van der Waals surface area contributed by atoms with Gasteiger partial charge in [0.2, 0.25) is 5.91 Å². The van der Waals surface area contributed by atoms with Crippen molar-refractivity contribution in [2.24, 2.45) is 5.41 Å². The first-order valence-corrected chi connectivity index (χ1v) is 11.0. The highest BCUT2D eigenvalue weighted by Crippen LogP contribution is 2.38. The molecule has 3 heterocycles. The molecule has 0 bridgehead atoms. The summed E-state index contributed by atoms with van der Waals surface area (Å²) in [5.41, 5.74) is 2.20. The highest BCUT2D eigenvalue weighted by Gasteiger charge is 2.43. The Hall–Kier alpha value is -2.99. The number of nitrogens with zero attached hydrogens (tertiary/aromatic N) is 2. The van der Waals surface area contributed by atoms with E-state index in [9.17, 15) is 9.59 Å². The van der Waals surface area contributed by atoms with Crippen LogP contribution in [0.1, 0.15) is 28.8 Å². The van der Waals surface area contributed by atoms with Gasteiger partial charge in [0.25, 0.3) is 5.91 Å². The summed E-state index contributed by atoms with van der Waals surface area (Å²) >= 11 is 1.70. The summed E-state index contributed by atoms with van der Waals surface area (Å²) in [5.74, 6) is -0.0743. The third-order valence-corrected chi connectivity index (χ3v) is 6.72. The number of benzene rings is 1. The molecule has 1 fully saturated rings. The van der Waals surface area contributed by atoms with E-state index in [1.54, 1.807) is 42.9 Å². The molecule has 0 saturated carbocycles. The first-order valence-electron chi connectivity index (χ1n) is 10.2. The number of rotatable bonds is 5. The van der Waals surface area contributed by atoms with Crippen LogP contribution in [0.4, 0.5) is 0 Å². The molecule has 2 amide bonds. The summed E-state index contributed by atoms with van der Waals surface area (Å²) in [7, 11) is 1.68. The third-order valence-electron chi connectivity index (χ3n) is 5.81. The number of hydrogen-bond acceptors (Lipinski definition) is 4. The molecule has 0 spiro atoms. The molecule has 1 saturated heterocycles. The van der Waals surface area contributed by atoms with Crippen molar-refractivity contribution in [3.8, 4) is 10.4 Å². The van der Waals surface area contributed by atoms with Gasteiger partial charge in [-0.2, -0.15) is 0 Å². The molecule has 5 nitrogen and oxygen atoms in total. The van der Waals surface area contributed by atoms with Crippen molar-refractivity contribution in [3.05, 3.63) is 77.4 Å². The number of pyridine rings is 1. The van der Waals surface area contributed by atoms with Crippen molar-refractivity contribution in [1.82, 2.24) is 15.2 Å². The van der Waals surface area contributed by atoms with Gasteiger partial charge >= 0.3 is 0 Å². The number of thiophene rings is 1. The van der Waals surface area contributed by atoms with Crippen molar-refractivity contribution in [3.63, 3.8) is 0 Å².